The molecular weight excluding hydrogens is 502 g/mol. The molecule has 3 heterocycles. The number of rotatable bonds is 6. The van der Waals surface area contributed by atoms with Gasteiger partial charge in [0.15, 0.2) is 0 Å². The van der Waals surface area contributed by atoms with Crippen LogP contribution in [-0.2, 0) is 17.4 Å². The maximum Gasteiger partial charge on any atom is 0.249 e. The van der Waals surface area contributed by atoms with E-state index in [1.165, 1.54) is 5.56 Å². The van der Waals surface area contributed by atoms with Gasteiger partial charge in [0.25, 0.3) is 0 Å². The quantitative estimate of drug-likeness (QED) is 0.308. The van der Waals surface area contributed by atoms with Crippen LogP contribution in [0.2, 0.25) is 0 Å². The SMILES string of the molecule is Cc1nnn(C)c1-c1cc(C(N)=O)c2c3ccc(C(C)(C)O)cc3n(C(c3ccccc3)C3CCOCC3)c2c1. The number of hydrogen-bond acceptors (Lipinski definition) is 5. The number of fused-ring (bicyclic) bond motifs is 3. The minimum absolute atomic E-state index is 0.0242. The third-order valence-corrected chi connectivity index (χ3v) is 8.28. The molecule has 3 aromatic carbocycles. The van der Waals surface area contributed by atoms with Gasteiger partial charge in [-0.15, -0.1) is 5.10 Å². The molecule has 1 aliphatic rings. The Hall–Kier alpha value is -4.01. The number of aryl methyl sites for hydroxylation is 2. The lowest BCUT2D eigenvalue weighted by Gasteiger charge is -2.33. The molecule has 206 valence electrons. The van der Waals surface area contributed by atoms with Crippen LogP contribution in [0.3, 0.4) is 0 Å². The number of nitrogens with two attached hydrogens (primary N) is 1. The average Bonchev–Trinajstić information content (AvgIpc) is 3.44. The highest BCUT2D eigenvalue weighted by Crippen LogP contribution is 2.44. The monoisotopic (exact) mass is 537 g/mol. The Morgan fingerprint density at radius 2 is 1.80 bits per heavy atom. The smallest absolute Gasteiger partial charge is 0.249 e. The predicted molar refractivity (Wildman–Crippen MR) is 156 cm³/mol. The molecule has 0 aliphatic carbocycles. The highest BCUT2D eigenvalue weighted by Gasteiger charge is 2.32. The molecule has 0 bridgehead atoms. The maximum absolute atomic E-state index is 13.0. The molecule has 8 heteroatoms. The van der Waals surface area contributed by atoms with E-state index >= 15 is 0 Å². The second kappa shape index (κ2) is 9.87. The maximum atomic E-state index is 13.0. The molecule has 0 saturated carbocycles. The van der Waals surface area contributed by atoms with E-state index in [-0.39, 0.29) is 6.04 Å². The molecule has 0 radical (unpaired) electrons. The van der Waals surface area contributed by atoms with Crippen molar-refractivity contribution in [2.24, 2.45) is 18.7 Å². The van der Waals surface area contributed by atoms with Crippen molar-refractivity contribution < 1.29 is 14.6 Å². The van der Waals surface area contributed by atoms with Crippen molar-refractivity contribution in [1.82, 2.24) is 19.6 Å². The fraction of sp³-hybridized carbons (Fsp3) is 0.344. The number of aliphatic hydroxyl groups is 1. The number of carbonyl (C=O) groups is 1. The number of primary amides is 1. The van der Waals surface area contributed by atoms with Crippen molar-refractivity contribution in [3.05, 3.63) is 83.0 Å². The summed E-state index contributed by atoms with van der Waals surface area (Å²) in [6.07, 6.45) is 1.83. The minimum atomic E-state index is -1.04. The van der Waals surface area contributed by atoms with Gasteiger partial charge in [0.05, 0.1) is 34.1 Å². The number of benzene rings is 3. The lowest BCUT2D eigenvalue weighted by molar-refractivity contribution is 0.0552. The number of amides is 1. The molecule has 1 unspecified atom stereocenters. The summed E-state index contributed by atoms with van der Waals surface area (Å²) >= 11 is 0. The summed E-state index contributed by atoms with van der Waals surface area (Å²) in [7, 11) is 1.85. The van der Waals surface area contributed by atoms with E-state index in [4.69, 9.17) is 10.5 Å². The number of carbonyl (C=O) groups excluding carboxylic acids is 1. The third-order valence-electron chi connectivity index (χ3n) is 8.28. The van der Waals surface area contributed by atoms with Crippen LogP contribution in [0.5, 0.6) is 0 Å². The van der Waals surface area contributed by atoms with Crippen LogP contribution in [-0.4, -0.2) is 43.8 Å². The van der Waals surface area contributed by atoms with Crippen LogP contribution in [0.1, 0.15) is 59.9 Å². The van der Waals surface area contributed by atoms with Gasteiger partial charge in [0.2, 0.25) is 5.91 Å². The van der Waals surface area contributed by atoms with Gasteiger partial charge in [-0.05, 0) is 68.9 Å². The van der Waals surface area contributed by atoms with Crippen molar-refractivity contribution in [2.45, 2.75) is 45.3 Å². The first-order valence-electron chi connectivity index (χ1n) is 13.8. The van der Waals surface area contributed by atoms with E-state index in [1.807, 2.05) is 38.2 Å². The zero-order valence-corrected chi connectivity index (χ0v) is 23.4. The molecule has 3 N–H and O–H groups in total. The van der Waals surface area contributed by atoms with Crippen molar-refractivity contribution in [2.75, 3.05) is 13.2 Å². The van der Waals surface area contributed by atoms with E-state index in [0.29, 0.717) is 24.7 Å². The van der Waals surface area contributed by atoms with Gasteiger partial charge < -0.3 is 20.1 Å². The molecule has 0 spiro atoms. The highest BCUT2D eigenvalue weighted by molar-refractivity contribution is 6.19. The van der Waals surface area contributed by atoms with Crippen LogP contribution >= 0.6 is 0 Å². The fourth-order valence-corrected chi connectivity index (χ4v) is 6.35. The van der Waals surface area contributed by atoms with Crippen LogP contribution < -0.4 is 5.73 Å². The molecule has 2 aromatic heterocycles. The van der Waals surface area contributed by atoms with Gasteiger partial charge in [0.1, 0.15) is 0 Å². The Kier molecular flexibility index (Phi) is 6.47. The van der Waals surface area contributed by atoms with Crippen LogP contribution in [0.25, 0.3) is 33.1 Å². The molecule has 1 atom stereocenters. The minimum Gasteiger partial charge on any atom is -0.386 e. The van der Waals surface area contributed by atoms with Gasteiger partial charge in [-0.1, -0.05) is 47.7 Å². The first-order chi connectivity index (χ1) is 19.1. The Morgan fingerprint density at radius 1 is 1.07 bits per heavy atom. The lowest BCUT2D eigenvalue weighted by Crippen LogP contribution is -2.27. The van der Waals surface area contributed by atoms with E-state index in [9.17, 15) is 9.90 Å². The van der Waals surface area contributed by atoms with Crippen LogP contribution in [0.15, 0.2) is 60.7 Å². The van der Waals surface area contributed by atoms with Crippen molar-refractivity contribution in [3.63, 3.8) is 0 Å². The average molecular weight is 538 g/mol. The summed E-state index contributed by atoms with van der Waals surface area (Å²) in [5, 5.41) is 21.2. The van der Waals surface area contributed by atoms with E-state index in [0.717, 1.165) is 57.2 Å². The van der Waals surface area contributed by atoms with E-state index in [1.54, 1.807) is 18.5 Å². The summed E-state index contributed by atoms with van der Waals surface area (Å²) in [6, 6.07) is 20.5. The van der Waals surface area contributed by atoms with Gasteiger partial charge in [-0.25, -0.2) is 4.68 Å². The molecule has 1 amide bonds. The summed E-state index contributed by atoms with van der Waals surface area (Å²) in [4.78, 5) is 13.0. The largest absolute Gasteiger partial charge is 0.386 e. The Balaban J connectivity index is 1.77. The standard InChI is InChI=1S/C32H35N5O3/c1-19-29(36(4)35-34-19)22-16-25(31(33)38)28-24-11-10-23(32(2,3)39)18-26(24)37(27(28)17-22)30(20-8-6-5-7-9-20)21-12-14-40-15-13-21/h5-11,16-18,21,30,39H,12-15H2,1-4H3,(H2,33,38). The van der Waals surface area contributed by atoms with Crippen molar-refractivity contribution in [3.8, 4) is 11.3 Å². The Morgan fingerprint density at radius 3 is 2.42 bits per heavy atom. The fourth-order valence-electron chi connectivity index (χ4n) is 6.35. The predicted octanol–water partition coefficient (Wildman–Crippen LogP) is 5.24. The van der Waals surface area contributed by atoms with Gasteiger partial charge in [0, 0.05) is 42.2 Å². The molecule has 5 aromatic rings. The van der Waals surface area contributed by atoms with E-state index in [2.05, 4.69) is 51.3 Å². The third kappa shape index (κ3) is 4.37. The molecule has 6 rings (SSSR count). The molecule has 1 aliphatic heterocycles. The number of aromatic nitrogens is 4. The zero-order chi connectivity index (χ0) is 28.2. The second-order valence-electron chi connectivity index (χ2n) is 11.4. The Bertz CT molecular complexity index is 1700. The molecular formula is C32H35N5O3. The lowest BCUT2D eigenvalue weighted by atomic mass is 9.86. The van der Waals surface area contributed by atoms with Crippen LogP contribution in [0, 0.1) is 12.8 Å². The van der Waals surface area contributed by atoms with Gasteiger partial charge in [-0.3, -0.25) is 4.79 Å². The molecule has 40 heavy (non-hydrogen) atoms. The van der Waals surface area contributed by atoms with Gasteiger partial charge >= 0.3 is 0 Å². The van der Waals surface area contributed by atoms with Crippen LogP contribution in [0.4, 0.5) is 0 Å². The number of nitrogens with zero attached hydrogens (tertiary/aromatic N) is 4. The normalized spacial score (nSPS) is 15.6. The first kappa shape index (κ1) is 26.2. The zero-order valence-electron chi connectivity index (χ0n) is 23.4. The number of ether oxygens (including phenoxy) is 1. The topological polar surface area (TPSA) is 108 Å². The Labute approximate surface area is 233 Å². The van der Waals surface area contributed by atoms with E-state index < -0.39 is 11.5 Å². The summed E-state index contributed by atoms with van der Waals surface area (Å²) in [6.45, 7) is 6.91. The summed E-state index contributed by atoms with van der Waals surface area (Å²) < 4.78 is 9.86. The van der Waals surface area contributed by atoms with Gasteiger partial charge in [-0.2, -0.15) is 0 Å². The summed E-state index contributed by atoms with van der Waals surface area (Å²) in [5.41, 5.74) is 11.8. The summed E-state index contributed by atoms with van der Waals surface area (Å²) in [5.74, 6) is -0.186. The molecule has 8 nitrogen and oxygen atoms in total. The second-order valence-corrected chi connectivity index (χ2v) is 11.4. The number of hydrogen-bond donors (Lipinski definition) is 2. The molecule has 1 saturated heterocycles. The highest BCUT2D eigenvalue weighted by atomic mass is 16.5. The van der Waals surface area contributed by atoms with Crippen molar-refractivity contribution in [1.29, 1.82) is 0 Å². The van der Waals surface area contributed by atoms with Crippen molar-refractivity contribution >= 4 is 27.7 Å². The molecule has 1 fully saturated rings. The first-order valence-corrected chi connectivity index (χ1v) is 13.8.